The number of amides is 3. The van der Waals surface area contributed by atoms with Gasteiger partial charge in [0.2, 0.25) is 21.8 Å². The number of cyclic esters (lactones) is 1. The van der Waals surface area contributed by atoms with Crippen molar-refractivity contribution in [1.82, 2.24) is 34.5 Å². The fourth-order valence-electron chi connectivity index (χ4n) is 10.4. The third kappa shape index (κ3) is 9.10. The second-order valence-corrected chi connectivity index (χ2v) is 21.6. The highest BCUT2D eigenvalue weighted by molar-refractivity contribution is 7.92. The number of phenols is 1. The number of benzene rings is 2. The van der Waals surface area contributed by atoms with E-state index in [2.05, 4.69) is 60.9 Å². The molecule has 6 heterocycles. The minimum absolute atomic E-state index is 0.00470. The van der Waals surface area contributed by atoms with E-state index in [0.717, 1.165) is 44.4 Å². The Kier molecular flexibility index (Phi) is 13.2. The van der Waals surface area contributed by atoms with Gasteiger partial charge in [-0.15, -0.1) is 0 Å². The molecule has 3 N–H and O–H groups in total. The Morgan fingerprint density at radius 3 is 2.55 bits per heavy atom. The maximum absolute atomic E-state index is 14.7. The van der Waals surface area contributed by atoms with Crippen molar-refractivity contribution in [3.05, 3.63) is 83.5 Å². The fourth-order valence-corrected chi connectivity index (χ4v) is 11.5. The van der Waals surface area contributed by atoms with Crippen LogP contribution in [-0.2, 0) is 58.1 Å². The zero-order valence-corrected chi connectivity index (χ0v) is 40.3. The number of pyridine rings is 1. The van der Waals surface area contributed by atoms with Gasteiger partial charge in [-0.25, -0.2) is 13.8 Å². The van der Waals surface area contributed by atoms with E-state index in [0.29, 0.717) is 43.4 Å². The molecule has 67 heavy (non-hydrogen) atoms. The Bertz CT molecular complexity index is 2730. The zero-order valence-electron chi connectivity index (χ0n) is 39.5. The van der Waals surface area contributed by atoms with Gasteiger partial charge < -0.3 is 29.4 Å². The van der Waals surface area contributed by atoms with Gasteiger partial charge in [-0.1, -0.05) is 46.4 Å². The number of carbonyl (C=O) groups excluding carboxylic acids is 4. The van der Waals surface area contributed by atoms with E-state index in [1.165, 1.54) is 14.2 Å². The molecule has 1 spiro atoms. The lowest BCUT2D eigenvalue weighted by atomic mass is 9.80. The number of aryl methyl sites for hydroxylation is 1. The highest BCUT2D eigenvalue weighted by Crippen LogP contribution is 2.45. The quantitative estimate of drug-likeness (QED) is 0.171. The number of hydrogen-bond acceptors (Lipinski definition) is 11. The molecule has 8 rings (SSSR count). The number of fused-ring (bicyclic) bond motifs is 6. The van der Waals surface area contributed by atoms with Crippen molar-refractivity contribution in [2.45, 2.75) is 104 Å². The van der Waals surface area contributed by atoms with Gasteiger partial charge in [0, 0.05) is 79.7 Å². The number of aromatic nitrogens is 2. The fraction of sp³-hybridized carbons (Fsp3) is 0.500. The number of hydrazine groups is 1. The van der Waals surface area contributed by atoms with Gasteiger partial charge in [-0.3, -0.25) is 29.2 Å². The molecule has 2 aromatic carbocycles. The first-order valence-electron chi connectivity index (χ1n) is 23.2. The number of carbonyl (C=O) groups is 4. The molecule has 4 aromatic rings. The summed E-state index contributed by atoms with van der Waals surface area (Å²) in [5, 5.41) is 17.6. The van der Waals surface area contributed by atoms with Gasteiger partial charge in [0.05, 0.1) is 29.5 Å². The molecule has 6 bridgehead atoms. The first-order valence-corrected chi connectivity index (χ1v) is 24.8. The molecule has 16 nitrogen and oxygen atoms in total. The third-order valence-electron chi connectivity index (χ3n) is 14.0. The standard InChI is InChI=1S/C50H63N7O9S/c1-9-55-41-16-15-33-25-37(41)38(44(55)36-13-11-18-51-42(36)31(5)65-8)26-49(6,7)29-66-47(61)39-14-12-19-57(53-39)46(60)40(23-32-21-34(33)24-35(58)22-32)52-45(59)43(30(3)4)56-20-17-50(48(56)62)27-54(28-50)67(63,64)10-2/h10-11,13,15-16,18,21-22,24-25,30-31,39-40,43,53,58H,2,9,12,14,17,19-20,23,26-29H2,1,3-8H3,(H,52,59)/t31-,39-,40-,43?/m0/s1. The zero-order chi connectivity index (χ0) is 48.2. The van der Waals surface area contributed by atoms with Crippen molar-refractivity contribution in [2.24, 2.45) is 16.7 Å². The number of likely N-dealkylation sites (tertiary alicyclic amines) is 1. The summed E-state index contributed by atoms with van der Waals surface area (Å²) in [4.78, 5) is 63.7. The number of esters is 1. The van der Waals surface area contributed by atoms with Gasteiger partial charge >= 0.3 is 5.97 Å². The van der Waals surface area contributed by atoms with E-state index >= 15 is 0 Å². The average Bonchev–Trinajstić information content (AvgIpc) is 3.79. The van der Waals surface area contributed by atoms with Crippen molar-refractivity contribution >= 4 is 44.6 Å². The number of nitrogens with one attached hydrogen (secondary N) is 2. The molecular weight excluding hydrogens is 875 g/mol. The maximum atomic E-state index is 14.7. The van der Waals surface area contributed by atoms with Crippen LogP contribution in [0.25, 0.3) is 33.3 Å². The van der Waals surface area contributed by atoms with Crippen LogP contribution in [-0.4, -0.2) is 119 Å². The monoisotopic (exact) mass is 937 g/mol. The van der Waals surface area contributed by atoms with Gasteiger partial charge in [0.1, 0.15) is 23.9 Å². The van der Waals surface area contributed by atoms with Crippen LogP contribution in [0.1, 0.15) is 83.7 Å². The Morgan fingerprint density at radius 1 is 1.09 bits per heavy atom. The normalized spacial score (nSPS) is 22.1. The van der Waals surface area contributed by atoms with E-state index < -0.39 is 56.8 Å². The first kappa shape index (κ1) is 47.9. The summed E-state index contributed by atoms with van der Waals surface area (Å²) in [7, 11) is -2.04. The van der Waals surface area contributed by atoms with E-state index in [1.807, 2.05) is 39.0 Å². The summed E-state index contributed by atoms with van der Waals surface area (Å²) in [6.45, 7) is 16.5. The van der Waals surface area contributed by atoms with E-state index in [9.17, 15) is 32.7 Å². The molecule has 2 aromatic heterocycles. The summed E-state index contributed by atoms with van der Waals surface area (Å²) < 4.78 is 40.3. The number of phenolic OH excluding ortho intramolecular Hbond substituents is 1. The predicted molar refractivity (Wildman–Crippen MR) is 253 cm³/mol. The molecule has 3 saturated heterocycles. The van der Waals surface area contributed by atoms with E-state index in [4.69, 9.17) is 14.5 Å². The van der Waals surface area contributed by atoms with Crippen molar-refractivity contribution in [2.75, 3.05) is 39.9 Å². The molecule has 0 radical (unpaired) electrons. The molecule has 3 fully saturated rings. The number of rotatable bonds is 10. The average molecular weight is 938 g/mol. The summed E-state index contributed by atoms with van der Waals surface area (Å²) in [5.74, 6) is -2.24. The van der Waals surface area contributed by atoms with Crippen LogP contribution in [0, 0.1) is 16.7 Å². The number of hydrogen-bond donors (Lipinski definition) is 3. The van der Waals surface area contributed by atoms with Gasteiger partial charge in [0.15, 0.2) is 0 Å². The van der Waals surface area contributed by atoms with Crippen molar-refractivity contribution in [1.29, 1.82) is 0 Å². The SMILES string of the molecule is C=CS(=O)(=O)N1CC2(CCN(C(C(=O)N[C@H]3Cc4cc(O)cc(c4)-c4ccc5c(c4)c(c(-c4cccnc4[C@H](C)OC)n5CC)CC(C)(C)COC(=O)[C@@H]4CCCN(N4)C3=O)C(C)C)C2=O)C1. The Hall–Kier alpha value is -5.62. The number of ether oxygens (including phenoxy) is 2. The molecule has 0 aliphatic carbocycles. The molecule has 17 heteroatoms. The van der Waals surface area contributed by atoms with Gasteiger partial charge in [0.25, 0.3) is 5.91 Å². The molecule has 0 saturated carbocycles. The lowest BCUT2D eigenvalue weighted by Gasteiger charge is -2.45. The summed E-state index contributed by atoms with van der Waals surface area (Å²) in [5.41, 5.74) is 8.48. The van der Waals surface area contributed by atoms with Crippen LogP contribution in [0.5, 0.6) is 5.75 Å². The van der Waals surface area contributed by atoms with E-state index in [1.54, 1.807) is 25.4 Å². The van der Waals surface area contributed by atoms with Crippen molar-refractivity contribution < 1.29 is 42.2 Å². The Morgan fingerprint density at radius 2 is 1.85 bits per heavy atom. The molecule has 4 atom stereocenters. The van der Waals surface area contributed by atoms with Crippen molar-refractivity contribution in [3.63, 3.8) is 0 Å². The summed E-state index contributed by atoms with van der Waals surface area (Å²) in [6, 6.07) is 12.4. The molecular formula is C50H63N7O9S. The van der Waals surface area contributed by atoms with Gasteiger partial charge in [-0.05, 0) is 104 Å². The van der Waals surface area contributed by atoms with Crippen LogP contribution < -0.4 is 10.7 Å². The highest BCUT2D eigenvalue weighted by Gasteiger charge is 2.59. The minimum Gasteiger partial charge on any atom is -0.508 e. The second kappa shape index (κ2) is 18.5. The first-order chi connectivity index (χ1) is 31.8. The lowest BCUT2D eigenvalue weighted by Crippen LogP contribution is -2.64. The molecule has 358 valence electrons. The Labute approximate surface area is 392 Å². The van der Waals surface area contributed by atoms with Crippen molar-refractivity contribution in [3.8, 4) is 28.1 Å². The van der Waals surface area contributed by atoms with Crippen LogP contribution >= 0.6 is 0 Å². The van der Waals surface area contributed by atoms with Crippen LogP contribution in [0.2, 0.25) is 0 Å². The molecule has 3 amide bonds. The summed E-state index contributed by atoms with van der Waals surface area (Å²) in [6.07, 6.45) is 3.27. The van der Waals surface area contributed by atoms with E-state index in [-0.39, 0.29) is 62.9 Å². The highest BCUT2D eigenvalue weighted by atomic mass is 32.2. The second-order valence-electron chi connectivity index (χ2n) is 19.7. The predicted octanol–water partition coefficient (Wildman–Crippen LogP) is 5.48. The molecule has 1 unspecified atom stereocenters. The smallest absolute Gasteiger partial charge is 0.324 e. The third-order valence-corrected chi connectivity index (χ3v) is 15.4. The number of nitrogens with zero attached hydrogens (tertiary/aromatic N) is 5. The lowest BCUT2D eigenvalue weighted by molar-refractivity contribution is -0.155. The molecule has 4 aliphatic rings. The number of methoxy groups -OCH3 is 1. The summed E-state index contributed by atoms with van der Waals surface area (Å²) >= 11 is 0. The van der Waals surface area contributed by atoms with Crippen LogP contribution in [0.15, 0.2) is 66.7 Å². The maximum Gasteiger partial charge on any atom is 0.324 e. The largest absolute Gasteiger partial charge is 0.508 e. The Balaban J connectivity index is 1.20. The number of aromatic hydroxyl groups is 1. The minimum atomic E-state index is -3.71. The van der Waals surface area contributed by atoms with Crippen LogP contribution in [0.3, 0.4) is 0 Å². The number of sulfonamides is 1. The van der Waals surface area contributed by atoms with Gasteiger partial charge in [-0.2, -0.15) is 4.31 Å². The molecule has 4 aliphatic heterocycles. The van der Waals surface area contributed by atoms with Crippen LogP contribution in [0.4, 0.5) is 0 Å². The topological polar surface area (TPSA) is 193 Å².